The van der Waals surface area contributed by atoms with Crippen LogP contribution in [0.4, 0.5) is 9.59 Å². The molecule has 11 nitrogen and oxygen atoms in total. The quantitative estimate of drug-likeness (QED) is 0.141. The third-order valence-corrected chi connectivity index (χ3v) is 5.08. The number of hydrogen-bond acceptors (Lipinski definition) is 7. The van der Waals surface area contributed by atoms with Crippen molar-refractivity contribution in [3.05, 3.63) is 48.6 Å². The van der Waals surface area contributed by atoms with E-state index in [2.05, 4.69) is 36.4 Å². The first kappa shape index (κ1) is 35.3. The molecular weight excluding hydrogens is 504 g/mol. The van der Waals surface area contributed by atoms with Gasteiger partial charge in [0, 0.05) is 32.5 Å². The van der Waals surface area contributed by atoms with Crippen LogP contribution >= 0.6 is 0 Å². The number of aldehydes is 1. The van der Waals surface area contributed by atoms with E-state index >= 15 is 0 Å². The van der Waals surface area contributed by atoms with E-state index in [1.165, 1.54) is 17.4 Å². The second-order valence-corrected chi connectivity index (χ2v) is 8.69. The van der Waals surface area contributed by atoms with Gasteiger partial charge in [-0.2, -0.15) is 0 Å². The highest BCUT2D eigenvalue weighted by Crippen LogP contribution is 2.06. The molecule has 4 N–H and O–H groups in total. The first-order valence-corrected chi connectivity index (χ1v) is 13.3. The number of nitrogens with one attached hydrogen (secondary N) is 3. The van der Waals surface area contributed by atoms with Crippen molar-refractivity contribution < 1.29 is 33.8 Å². The van der Waals surface area contributed by atoms with Crippen LogP contribution in [0.3, 0.4) is 0 Å². The molecule has 0 aliphatic rings. The molecule has 0 bridgehead atoms. The average molecular weight is 549 g/mol. The number of benzene rings is 1. The molecule has 2 atom stereocenters. The molecule has 0 aromatic heterocycles. The molecule has 0 heterocycles. The van der Waals surface area contributed by atoms with Crippen molar-refractivity contribution in [3.63, 3.8) is 0 Å². The van der Waals surface area contributed by atoms with E-state index in [1.54, 1.807) is 24.3 Å². The highest BCUT2D eigenvalue weighted by atomic mass is 16.5. The largest absolute Gasteiger partial charge is 0.444 e. The zero-order chi connectivity index (χ0) is 29.5. The second-order valence-electron chi connectivity index (χ2n) is 8.69. The summed E-state index contributed by atoms with van der Waals surface area (Å²) in [7, 11) is 0. The first-order chi connectivity index (χ1) is 18.7. The second kappa shape index (κ2) is 22.3. The van der Waals surface area contributed by atoms with Gasteiger partial charge < -0.3 is 30.2 Å². The van der Waals surface area contributed by atoms with Crippen molar-refractivity contribution >= 4 is 30.2 Å². The van der Waals surface area contributed by atoms with E-state index in [-0.39, 0.29) is 39.1 Å². The molecule has 0 radical (unpaired) electrons. The van der Waals surface area contributed by atoms with Crippen LogP contribution in [0.5, 0.6) is 0 Å². The van der Waals surface area contributed by atoms with Gasteiger partial charge in [-0.25, -0.2) is 14.9 Å². The lowest BCUT2D eigenvalue weighted by Gasteiger charge is -2.25. The molecule has 11 heteroatoms. The summed E-state index contributed by atoms with van der Waals surface area (Å²) in [6.45, 7) is 9.84. The Bertz CT molecular complexity index is 880. The standard InChI is InChI=1S/C25H36N4O7.C3H8/c1-3-10-20(22(32)23(33)26-14-4-2)27-21(31)13-16-29(15-8-9-17-30)24(34)28-25(35)36-18-19-11-6-5-7-12-19;1-3-2/h4-7,11-12,17,20,22,32H,2-3,8-10,13-16,18H2,1H3,(H,26,33)(H,27,31)(H,28,34,35);3H2,1-2H3. The molecule has 0 saturated heterocycles. The predicted molar refractivity (Wildman–Crippen MR) is 149 cm³/mol. The molecule has 2 unspecified atom stereocenters. The summed E-state index contributed by atoms with van der Waals surface area (Å²) in [5.41, 5.74) is 0.751. The SMILES string of the molecule is C=CCNC(=O)C(O)C(CCC)NC(=O)CCN(CCCC=O)C(=O)NC(=O)OCc1ccccc1.CCC. The van der Waals surface area contributed by atoms with Gasteiger partial charge in [0.05, 0.1) is 6.04 Å². The number of ether oxygens (including phenoxy) is 1. The summed E-state index contributed by atoms with van der Waals surface area (Å²) >= 11 is 0. The number of urea groups is 1. The Morgan fingerprint density at radius 1 is 1.10 bits per heavy atom. The van der Waals surface area contributed by atoms with Crippen molar-refractivity contribution in [2.75, 3.05) is 19.6 Å². The molecule has 0 spiro atoms. The van der Waals surface area contributed by atoms with E-state index in [0.29, 0.717) is 25.5 Å². The molecule has 0 aliphatic heterocycles. The summed E-state index contributed by atoms with van der Waals surface area (Å²) in [4.78, 5) is 61.1. The first-order valence-electron chi connectivity index (χ1n) is 13.3. The van der Waals surface area contributed by atoms with Gasteiger partial charge in [-0.1, -0.05) is 70.0 Å². The fourth-order valence-corrected chi connectivity index (χ4v) is 3.20. The van der Waals surface area contributed by atoms with Crippen LogP contribution in [0.25, 0.3) is 0 Å². The van der Waals surface area contributed by atoms with Gasteiger partial charge >= 0.3 is 12.1 Å². The van der Waals surface area contributed by atoms with Crippen molar-refractivity contribution in [2.45, 2.75) is 78.0 Å². The minimum Gasteiger partial charge on any atom is -0.444 e. The maximum Gasteiger partial charge on any atom is 0.415 e. The summed E-state index contributed by atoms with van der Waals surface area (Å²) in [5, 5.41) is 17.5. The number of aliphatic hydroxyl groups is 1. The number of amides is 5. The van der Waals surface area contributed by atoms with Crippen LogP contribution in [0.2, 0.25) is 0 Å². The molecule has 1 rings (SSSR count). The zero-order valence-electron chi connectivity index (χ0n) is 23.3. The van der Waals surface area contributed by atoms with Crippen LogP contribution in [0.1, 0.15) is 64.9 Å². The Morgan fingerprint density at radius 3 is 2.36 bits per heavy atom. The molecule has 5 amide bonds. The number of rotatable bonds is 16. The average Bonchev–Trinajstić information content (AvgIpc) is 2.92. The highest BCUT2D eigenvalue weighted by molar-refractivity contribution is 5.91. The van der Waals surface area contributed by atoms with Crippen molar-refractivity contribution in [1.82, 2.24) is 20.9 Å². The smallest absolute Gasteiger partial charge is 0.415 e. The van der Waals surface area contributed by atoms with Gasteiger partial charge in [-0.15, -0.1) is 6.58 Å². The molecular formula is C28H44N4O7. The normalized spacial score (nSPS) is 11.5. The van der Waals surface area contributed by atoms with Gasteiger partial charge in [-0.05, 0) is 18.4 Å². The molecule has 1 aromatic carbocycles. The number of hydrogen-bond donors (Lipinski definition) is 4. The maximum atomic E-state index is 12.6. The monoisotopic (exact) mass is 548 g/mol. The van der Waals surface area contributed by atoms with Gasteiger partial charge in [0.25, 0.3) is 5.91 Å². The van der Waals surface area contributed by atoms with Gasteiger partial charge in [-0.3, -0.25) is 9.59 Å². The molecule has 0 saturated carbocycles. The Labute approximate surface area is 231 Å². The zero-order valence-corrected chi connectivity index (χ0v) is 23.3. The Morgan fingerprint density at radius 2 is 1.77 bits per heavy atom. The minimum atomic E-state index is -1.44. The van der Waals surface area contributed by atoms with Crippen molar-refractivity contribution in [1.29, 1.82) is 0 Å². The molecule has 39 heavy (non-hydrogen) atoms. The van der Waals surface area contributed by atoms with Crippen LogP contribution in [0, 0.1) is 0 Å². The molecule has 0 fully saturated rings. The van der Waals surface area contributed by atoms with Crippen LogP contribution in [-0.4, -0.2) is 72.0 Å². The van der Waals surface area contributed by atoms with Gasteiger partial charge in [0.15, 0.2) is 6.10 Å². The number of carbonyl (C=O) groups excluding carboxylic acids is 5. The van der Waals surface area contributed by atoms with E-state index in [1.807, 2.05) is 13.0 Å². The Balaban J connectivity index is 0.00000458. The Kier molecular flexibility index (Phi) is 20.1. The topological polar surface area (TPSA) is 154 Å². The maximum absolute atomic E-state index is 12.6. The van der Waals surface area contributed by atoms with Gasteiger partial charge in [0.2, 0.25) is 5.91 Å². The highest BCUT2D eigenvalue weighted by Gasteiger charge is 2.27. The van der Waals surface area contributed by atoms with Crippen LogP contribution in [-0.2, 0) is 25.7 Å². The van der Waals surface area contributed by atoms with E-state index in [0.717, 1.165) is 5.56 Å². The number of alkyl carbamates (subject to hydrolysis) is 1. The molecule has 1 aromatic rings. The summed E-state index contributed by atoms with van der Waals surface area (Å²) in [6.07, 6.45) is 2.44. The summed E-state index contributed by atoms with van der Waals surface area (Å²) < 4.78 is 5.05. The summed E-state index contributed by atoms with van der Waals surface area (Å²) in [6, 6.07) is 7.37. The fraction of sp³-hybridized carbons (Fsp3) is 0.536. The van der Waals surface area contributed by atoms with Crippen molar-refractivity contribution in [3.8, 4) is 0 Å². The molecule has 218 valence electrons. The fourth-order valence-electron chi connectivity index (χ4n) is 3.20. The van der Waals surface area contributed by atoms with E-state index in [9.17, 15) is 29.1 Å². The lowest BCUT2D eigenvalue weighted by Crippen LogP contribution is -2.51. The van der Waals surface area contributed by atoms with Crippen LogP contribution in [0.15, 0.2) is 43.0 Å². The number of unbranched alkanes of at least 4 members (excludes halogenated alkanes) is 1. The van der Waals surface area contributed by atoms with E-state index < -0.39 is 36.1 Å². The lowest BCUT2D eigenvalue weighted by atomic mass is 10.0. The number of nitrogens with zero attached hydrogens (tertiary/aromatic N) is 1. The lowest BCUT2D eigenvalue weighted by molar-refractivity contribution is -0.132. The Hall–Kier alpha value is -3.73. The number of carbonyl (C=O) groups is 5. The number of aliphatic hydroxyl groups excluding tert-OH is 1. The minimum absolute atomic E-state index is 0.0188. The number of imide groups is 1. The van der Waals surface area contributed by atoms with Crippen molar-refractivity contribution in [2.24, 2.45) is 0 Å². The summed E-state index contributed by atoms with van der Waals surface area (Å²) in [5.74, 6) is -1.11. The predicted octanol–water partition coefficient (Wildman–Crippen LogP) is 3.07. The third kappa shape index (κ3) is 16.7. The molecule has 0 aliphatic carbocycles. The van der Waals surface area contributed by atoms with Crippen LogP contribution < -0.4 is 16.0 Å². The van der Waals surface area contributed by atoms with E-state index in [4.69, 9.17) is 4.74 Å². The third-order valence-electron chi connectivity index (χ3n) is 5.08. The van der Waals surface area contributed by atoms with Gasteiger partial charge in [0.1, 0.15) is 12.9 Å².